The molecule has 2 aliphatic rings. The maximum atomic E-state index is 12.1. The normalized spacial score (nSPS) is 23.8. The summed E-state index contributed by atoms with van der Waals surface area (Å²) in [6, 6.07) is 0. The fraction of sp³-hybridized carbons (Fsp3) is 0.667. The molecule has 128 valence electrons. The average Bonchev–Trinajstić information content (AvgIpc) is 2.95. The molecule has 2 rings (SSSR count). The fourth-order valence-electron chi connectivity index (χ4n) is 3.16. The van der Waals surface area contributed by atoms with Gasteiger partial charge in [0, 0.05) is 12.2 Å². The standard InChI is InChI=1S/C18H28N2O2S/c1-6-8-23-16(13(4)7-2)17-19-10-14(18(21)22-5)15-9-12(3)11-20(15)17/h6,8,12-13,16H,7,9-11H2,1-5H3/b8-6-. The molecule has 2 heterocycles. The van der Waals surface area contributed by atoms with E-state index in [1.807, 2.05) is 18.7 Å². The van der Waals surface area contributed by atoms with Crippen LogP contribution in [0.5, 0.6) is 0 Å². The van der Waals surface area contributed by atoms with Crippen LogP contribution in [0.2, 0.25) is 0 Å². The SMILES string of the molecule is C/C=C\SC(C1=NCC(C(=O)OC)=C2CC(C)CN12)C(C)CC. The van der Waals surface area contributed by atoms with Gasteiger partial charge in [-0.1, -0.05) is 33.3 Å². The molecule has 0 radical (unpaired) electrons. The van der Waals surface area contributed by atoms with Crippen LogP contribution in [-0.2, 0) is 9.53 Å². The maximum absolute atomic E-state index is 12.1. The van der Waals surface area contributed by atoms with E-state index in [9.17, 15) is 4.79 Å². The molecule has 0 aromatic rings. The third-order valence-electron chi connectivity index (χ3n) is 4.59. The quantitative estimate of drug-likeness (QED) is 0.691. The minimum atomic E-state index is -0.233. The zero-order valence-corrected chi connectivity index (χ0v) is 15.7. The number of fused-ring (bicyclic) bond motifs is 1. The van der Waals surface area contributed by atoms with Gasteiger partial charge in [-0.15, -0.1) is 11.8 Å². The second-order valence-corrected chi connectivity index (χ2v) is 7.47. The van der Waals surface area contributed by atoms with E-state index in [4.69, 9.17) is 9.73 Å². The van der Waals surface area contributed by atoms with Crippen LogP contribution in [0.15, 0.2) is 27.7 Å². The van der Waals surface area contributed by atoms with Gasteiger partial charge in [0.05, 0.1) is 24.5 Å². The van der Waals surface area contributed by atoms with Gasteiger partial charge < -0.3 is 9.64 Å². The summed E-state index contributed by atoms with van der Waals surface area (Å²) in [5.41, 5.74) is 1.86. The molecule has 5 heteroatoms. The number of aliphatic imine (C=N–C) groups is 1. The lowest BCUT2D eigenvalue weighted by atomic mass is 10.0. The summed E-state index contributed by atoms with van der Waals surface area (Å²) in [4.78, 5) is 19.2. The lowest BCUT2D eigenvalue weighted by molar-refractivity contribution is -0.136. The minimum absolute atomic E-state index is 0.233. The Labute approximate surface area is 144 Å². The van der Waals surface area contributed by atoms with Crippen molar-refractivity contribution in [1.29, 1.82) is 0 Å². The Hall–Kier alpha value is -1.23. The summed E-state index contributed by atoms with van der Waals surface area (Å²) in [7, 11) is 1.45. The summed E-state index contributed by atoms with van der Waals surface area (Å²) in [5.74, 6) is 1.97. The van der Waals surface area contributed by atoms with Crippen molar-refractivity contribution in [2.45, 2.75) is 45.8 Å². The van der Waals surface area contributed by atoms with Crippen molar-refractivity contribution in [2.75, 3.05) is 20.2 Å². The Balaban J connectivity index is 2.33. The first-order valence-corrected chi connectivity index (χ1v) is 9.36. The molecule has 0 aromatic carbocycles. The Morgan fingerprint density at radius 2 is 2.30 bits per heavy atom. The van der Waals surface area contributed by atoms with Gasteiger partial charge in [0.15, 0.2) is 0 Å². The predicted octanol–water partition coefficient (Wildman–Crippen LogP) is 3.85. The van der Waals surface area contributed by atoms with Crippen molar-refractivity contribution in [3.63, 3.8) is 0 Å². The Morgan fingerprint density at radius 1 is 1.57 bits per heavy atom. The lowest BCUT2D eigenvalue weighted by Crippen LogP contribution is -2.41. The summed E-state index contributed by atoms with van der Waals surface area (Å²) >= 11 is 1.83. The summed E-state index contributed by atoms with van der Waals surface area (Å²) in [6.45, 7) is 10.2. The van der Waals surface area contributed by atoms with Crippen LogP contribution in [0.25, 0.3) is 0 Å². The number of hydrogen-bond acceptors (Lipinski definition) is 5. The van der Waals surface area contributed by atoms with E-state index in [-0.39, 0.29) is 5.97 Å². The predicted molar refractivity (Wildman–Crippen MR) is 97.5 cm³/mol. The van der Waals surface area contributed by atoms with Gasteiger partial charge in [0.2, 0.25) is 0 Å². The van der Waals surface area contributed by atoms with Crippen LogP contribution in [-0.4, -0.2) is 42.2 Å². The molecule has 4 nitrogen and oxygen atoms in total. The molecule has 1 fully saturated rings. The van der Waals surface area contributed by atoms with Gasteiger partial charge in [-0.25, -0.2) is 4.79 Å². The van der Waals surface area contributed by atoms with Crippen LogP contribution in [0.1, 0.15) is 40.5 Å². The first-order chi connectivity index (χ1) is 11.0. The van der Waals surface area contributed by atoms with Gasteiger partial charge in [0.1, 0.15) is 5.84 Å². The van der Waals surface area contributed by atoms with Crippen molar-refractivity contribution in [1.82, 2.24) is 4.90 Å². The monoisotopic (exact) mass is 336 g/mol. The maximum Gasteiger partial charge on any atom is 0.337 e. The highest BCUT2D eigenvalue weighted by molar-refractivity contribution is 8.03. The van der Waals surface area contributed by atoms with Gasteiger partial charge in [-0.05, 0) is 30.6 Å². The van der Waals surface area contributed by atoms with E-state index in [1.54, 1.807) is 0 Å². The number of methoxy groups -OCH3 is 1. The van der Waals surface area contributed by atoms with Crippen molar-refractivity contribution >= 4 is 23.6 Å². The van der Waals surface area contributed by atoms with Gasteiger partial charge in [-0.2, -0.15) is 0 Å². The number of carbonyl (C=O) groups is 1. The van der Waals surface area contributed by atoms with E-state index in [0.717, 1.165) is 36.5 Å². The number of rotatable bonds is 6. The number of esters is 1. The van der Waals surface area contributed by atoms with Crippen molar-refractivity contribution in [3.05, 3.63) is 22.8 Å². The van der Waals surface area contributed by atoms with Crippen molar-refractivity contribution in [2.24, 2.45) is 16.8 Å². The first kappa shape index (κ1) is 18.1. The smallest absolute Gasteiger partial charge is 0.337 e. The van der Waals surface area contributed by atoms with Gasteiger partial charge >= 0.3 is 5.97 Å². The fourth-order valence-corrected chi connectivity index (χ4v) is 4.27. The van der Waals surface area contributed by atoms with Crippen LogP contribution >= 0.6 is 11.8 Å². The van der Waals surface area contributed by atoms with Crippen LogP contribution in [0, 0.1) is 11.8 Å². The molecule has 23 heavy (non-hydrogen) atoms. The van der Waals surface area contributed by atoms with E-state index in [0.29, 0.717) is 23.6 Å². The molecular weight excluding hydrogens is 308 g/mol. The molecule has 0 bridgehead atoms. The number of ether oxygens (including phenoxy) is 1. The summed E-state index contributed by atoms with van der Waals surface area (Å²) in [5, 5.41) is 2.48. The summed E-state index contributed by atoms with van der Waals surface area (Å²) < 4.78 is 4.95. The van der Waals surface area contributed by atoms with Crippen LogP contribution < -0.4 is 0 Å². The number of allylic oxidation sites excluding steroid dienone is 2. The Bertz CT molecular complexity index is 539. The topological polar surface area (TPSA) is 41.9 Å². The highest BCUT2D eigenvalue weighted by atomic mass is 32.2. The van der Waals surface area contributed by atoms with Gasteiger partial charge in [0.25, 0.3) is 0 Å². The zero-order valence-electron chi connectivity index (χ0n) is 14.8. The number of hydrogen-bond donors (Lipinski definition) is 0. The molecular formula is C18H28N2O2S. The van der Waals surface area contributed by atoms with Crippen molar-refractivity contribution < 1.29 is 9.53 Å². The van der Waals surface area contributed by atoms with Crippen molar-refractivity contribution in [3.8, 4) is 0 Å². The molecule has 0 spiro atoms. The Kier molecular flexibility index (Phi) is 6.33. The summed E-state index contributed by atoms with van der Waals surface area (Å²) in [6.07, 6.45) is 4.12. The number of nitrogens with zero attached hydrogens (tertiary/aromatic N) is 2. The molecule has 1 saturated heterocycles. The number of thioether (sulfide) groups is 1. The molecule has 2 aliphatic heterocycles. The Morgan fingerprint density at radius 3 is 2.91 bits per heavy atom. The highest BCUT2D eigenvalue weighted by Crippen LogP contribution is 2.37. The lowest BCUT2D eigenvalue weighted by Gasteiger charge is -2.34. The van der Waals surface area contributed by atoms with E-state index in [2.05, 4.69) is 37.2 Å². The van der Waals surface area contributed by atoms with Gasteiger partial charge in [-0.3, -0.25) is 4.99 Å². The third-order valence-corrected chi connectivity index (χ3v) is 5.99. The molecule has 0 saturated carbocycles. The molecule has 0 aliphatic carbocycles. The second-order valence-electron chi connectivity index (χ2n) is 6.42. The molecule has 3 atom stereocenters. The van der Waals surface area contributed by atoms with Crippen LogP contribution in [0.4, 0.5) is 0 Å². The largest absolute Gasteiger partial charge is 0.466 e. The van der Waals surface area contributed by atoms with E-state index >= 15 is 0 Å². The first-order valence-electron chi connectivity index (χ1n) is 8.42. The number of amidine groups is 1. The zero-order chi connectivity index (χ0) is 17.0. The average molecular weight is 337 g/mol. The minimum Gasteiger partial charge on any atom is -0.466 e. The highest BCUT2D eigenvalue weighted by Gasteiger charge is 2.38. The molecule has 0 aromatic heterocycles. The molecule has 0 amide bonds. The van der Waals surface area contributed by atoms with E-state index in [1.165, 1.54) is 7.11 Å². The second kappa shape index (κ2) is 8.04. The van der Waals surface area contributed by atoms with E-state index < -0.39 is 0 Å². The molecule has 3 unspecified atom stereocenters. The number of carbonyl (C=O) groups excluding carboxylic acids is 1. The van der Waals surface area contributed by atoms with Crippen LogP contribution in [0.3, 0.4) is 0 Å². The molecule has 0 N–H and O–H groups in total. The third kappa shape index (κ3) is 3.82.